The van der Waals surface area contributed by atoms with Gasteiger partial charge in [-0.15, -0.1) is 11.8 Å². The Bertz CT molecular complexity index is 450. The largest absolute Gasteiger partial charge is 0.378 e. The van der Waals surface area contributed by atoms with Crippen molar-refractivity contribution >= 4 is 29.7 Å². The van der Waals surface area contributed by atoms with E-state index >= 15 is 0 Å². The van der Waals surface area contributed by atoms with Gasteiger partial charge in [-0.25, -0.2) is 4.98 Å². The molecule has 0 unspecified atom stereocenters. The van der Waals surface area contributed by atoms with Crippen LogP contribution in [0.15, 0.2) is 17.2 Å². The Labute approximate surface area is 124 Å². The number of morpholine rings is 1. The summed E-state index contributed by atoms with van der Waals surface area (Å²) in [4.78, 5) is 20.5. The molecule has 1 aromatic rings. The predicted octanol–water partition coefficient (Wildman–Crippen LogP) is 2.01. The third-order valence-electron chi connectivity index (χ3n) is 3.17. The number of rotatable bonds is 6. The van der Waals surface area contributed by atoms with Gasteiger partial charge >= 0.3 is 0 Å². The molecule has 0 spiro atoms. The maximum Gasteiger partial charge on any atom is 0.213 e. The van der Waals surface area contributed by atoms with E-state index in [0.29, 0.717) is 0 Å². The van der Waals surface area contributed by atoms with E-state index in [4.69, 9.17) is 4.74 Å². The van der Waals surface area contributed by atoms with Crippen molar-refractivity contribution in [2.24, 2.45) is 0 Å². The Hall–Kier alpha value is -1.27. The average Bonchev–Trinajstić information content (AvgIpc) is 2.53. The highest BCUT2D eigenvalue weighted by Gasteiger charge is 2.16. The standard InChI is InChI=1S/C14H21N3O2S/c1-3-8-20-13-10-15-14(9-12(13)16(2)11-18)17-4-6-19-7-5-17/h9-11H,3-8H2,1-2H3. The highest BCUT2D eigenvalue weighted by Crippen LogP contribution is 2.32. The van der Waals surface area contributed by atoms with E-state index in [9.17, 15) is 4.79 Å². The highest BCUT2D eigenvalue weighted by molar-refractivity contribution is 7.99. The number of pyridine rings is 1. The van der Waals surface area contributed by atoms with E-state index in [1.165, 1.54) is 0 Å². The molecular weight excluding hydrogens is 274 g/mol. The molecule has 0 bridgehead atoms. The van der Waals surface area contributed by atoms with Crippen molar-refractivity contribution in [2.45, 2.75) is 18.2 Å². The van der Waals surface area contributed by atoms with Crippen LogP contribution in [0.4, 0.5) is 11.5 Å². The van der Waals surface area contributed by atoms with Crippen LogP contribution in [0.5, 0.6) is 0 Å². The van der Waals surface area contributed by atoms with E-state index in [1.807, 2.05) is 12.3 Å². The number of carbonyl (C=O) groups excluding carboxylic acids is 1. The van der Waals surface area contributed by atoms with Crippen molar-refractivity contribution in [1.82, 2.24) is 4.98 Å². The smallest absolute Gasteiger partial charge is 0.213 e. The normalized spacial score (nSPS) is 15.2. The summed E-state index contributed by atoms with van der Waals surface area (Å²) < 4.78 is 5.36. The third-order valence-corrected chi connectivity index (χ3v) is 4.41. The monoisotopic (exact) mass is 295 g/mol. The molecule has 1 amide bonds. The third kappa shape index (κ3) is 3.64. The van der Waals surface area contributed by atoms with Crippen LogP contribution in [0.2, 0.25) is 0 Å². The summed E-state index contributed by atoms with van der Waals surface area (Å²) in [5.41, 5.74) is 0.926. The van der Waals surface area contributed by atoms with Crippen LogP contribution >= 0.6 is 11.8 Å². The van der Waals surface area contributed by atoms with Gasteiger partial charge in [0, 0.05) is 37.3 Å². The molecule has 5 nitrogen and oxygen atoms in total. The minimum Gasteiger partial charge on any atom is -0.378 e. The molecule has 0 aliphatic carbocycles. The molecule has 1 aliphatic heterocycles. The maximum absolute atomic E-state index is 11.1. The van der Waals surface area contributed by atoms with Gasteiger partial charge in [0.25, 0.3) is 0 Å². The van der Waals surface area contributed by atoms with Crippen LogP contribution in [0, 0.1) is 0 Å². The van der Waals surface area contributed by atoms with Gasteiger partial charge in [-0.05, 0) is 12.2 Å². The second kappa shape index (κ2) is 7.50. The molecule has 1 saturated heterocycles. The molecule has 0 atom stereocenters. The lowest BCUT2D eigenvalue weighted by Gasteiger charge is -2.29. The van der Waals surface area contributed by atoms with Gasteiger partial charge in [-0.3, -0.25) is 4.79 Å². The molecule has 1 aliphatic rings. The summed E-state index contributed by atoms with van der Waals surface area (Å²) in [6.07, 6.45) is 3.81. The molecule has 6 heteroatoms. The van der Waals surface area contributed by atoms with Crippen LogP contribution in [0.25, 0.3) is 0 Å². The maximum atomic E-state index is 11.1. The number of ether oxygens (including phenoxy) is 1. The zero-order valence-electron chi connectivity index (χ0n) is 12.0. The number of nitrogens with zero attached hydrogens (tertiary/aromatic N) is 3. The van der Waals surface area contributed by atoms with E-state index < -0.39 is 0 Å². The van der Waals surface area contributed by atoms with Gasteiger partial charge in [-0.1, -0.05) is 6.92 Å². The summed E-state index contributed by atoms with van der Waals surface area (Å²) in [6.45, 7) is 5.29. The predicted molar refractivity (Wildman–Crippen MR) is 82.8 cm³/mol. The first-order chi connectivity index (χ1) is 9.76. The van der Waals surface area contributed by atoms with E-state index in [-0.39, 0.29) is 0 Å². The molecular formula is C14H21N3O2S. The number of aromatic nitrogens is 1. The minimum atomic E-state index is 0.729. The first-order valence-electron chi connectivity index (χ1n) is 6.90. The van der Waals surface area contributed by atoms with E-state index in [0.717, 1.165) is 61.3 Å². The number of hydrogen-bond donors (Lipinski definition) is 0. The molecule has 2 heterocycles. The van der Waals surface area contributed by atoms with Crippen LogP contribution in [0.1, 0.15) is 13.3 Å². The zero-order valence-corrected chi connectivity index (χ0v) is 12.9. The Morgan fingerprint density at radius 2 is 2.25 bits per heavy atom. The number of hydrogen-bond acceptors (Lipinski definition) is 5. The fourth-order valence-corrected chi connectivity index (χ4v) is 2.94. The van der Waals surface area contributed by atoms with Gasteiger partial charge in [0.05, 0.1) is 18.9 Å². The second-order valence-electron chi connectivity index (χ2n) is 4.67. The molecule has 0 saturated carbocycles. The van der Waals surface area contributed by atoms with Crippen molar-refractivity contribution in [3.8, 4) is 0 Å². The average molecular weight is 295 g/mol. The van der Waals surface area contributed by atoms with Crippen LogP contribution in [-0.2, 0) is 9.53 Å². The summed E-state index contributed by atoms with van der Waals surface area (Å²) >= 11 is 1.74. The fourth-order valence-electron chi connectivity index (χ4n) is 2.04. The van der Waals surface area contributed by atoms with Gasteiger partial charge in [0.2, 0.25) is 6.41 Å². The Morgan fingerprint density at radius 1 is 1.50 bits per heavy atom. The lowest BCUT2D eigenvalue weighted by molar-refractivity contribution is -0.107. The lowest BCUT2D eigenvalue weighted by atomic mass is 10.3. The quantitative estimate of drug-likeness (QED) is 0.593. The van der Waals surface area contributed by atoms with Gasteiger partial charge in [-0.2, -0.15) is 0 Å². The zero-order chi connectivity index (χ0) is 14.4. The van der Waals surface area contributed by atoms with Crippen molar-refractivity contribution in [3.05, 3.63) is 12.3 Å². The summed E-state index contributed by atoms with van der Waals surface area (Å²) in [5, 5.41) is 0. The first kappa shape index (κ1) is 15.1. The number of amides is 1. The van der Waals surface area contributed by atoms with Crippen molar-refractivity contribution in [3.63, 3.8) is 0 Å². The molecule has 0 aromatic carbocycles. The Kier molecular flexibility index (Phi) is 5.67. The molecule has 1 aromatic heterocycles. The number of anilines is 2. The molecule has 0 N–H and O–H groups in total. The molecule has 110 valence electrons. The first-order valence-corrected chi connectivity index (χ1v) is 7.88. The van der Waals surface area contributed by atoms with Crippen LogP contribution in [-0.4, -0.2) is 50.5 Å². The topological polar surface area (TPSA) is 45.7 Å². The van der Waals surface area contributed by atoms with Crippen molar-refractivity contribution in [2.75, 3.05) is 48.9 Å². The van der Waals surface area contributed by atoms with E-state index in [2.05, 4.69) is 16.8 Å². The van der Waals surface area contributed by atoms with Gasteiger partial charge in [0.15, 0.2) is 0 Å². The summed E-state index contributed by atoms with van der Waals surface area (Å²) in [6, 6.07) is 2.00. The summed E-state index contributed by atoms with van der Waals surface area (Å²) in [5.74, 6) is 1.94. The van der Waals surface area contributed by atoms with Crippen molar-refractivity contribution < 1.29 is 9.53 Å². The molecule has 1 fully saturated rings. The van der Waals surface area contributed by atoms with Crippen LogP contribution in [0.3, 0.4) is 0 Å². The molecule has 0 radical (unpaired) electrons. The Morgan fingerprint density at radius 3 is 2.90 bits per heavy atom. The van der Waals surface area contributed by atoms with Crippen molar-refractivity contribution in [1.29, 1.82) is 0 Å². The van der Waals surface area contributed by atoms with Gasteiger partial charge < -0.3 is 14.5 Å². The van der Waals surface area contributed by atoms with Gasteiger partial charge in [0.1, 0.15) is 5.82 Å². The summed E-state index contributed by atoms with van der Waals surface area (Å²) in [7, 11) is 1.78. The van der Waals surface area contributed by atoms with E-state index in [1.54, 1.807) is 23.7 Å². The van der Waals surface area contributed by atoms with Crippen LogP contribution < -0.4 is 9.80 Å². The fraction of sp³-hybridized carbons (Fsp3) is 0.571. The number of thioether (sulfide) groups is 1. The number of carbonyl (C=O) groups is 1. The highest BCUT2D eigenvalue weighted by atomic mass is 32.2. The second-order valence-corrected chi connectivity index (χ2v) is 5.81. The molecule has 2 rings (SSSR count). The molecule has 20 heavy (non-hydrogen) atoms. The Balaban J connectivity index is 2.24. The minimum absolute atomic E-state index is 0.729. The lowest BCUT2D eigenvalue weighted by Crippen LogP contribution is -2.36. The SMILES string of the molecule is CCCSc1cnc(N2CCOCC2)cc1N(C)C=O.